The monoisotopic (exact) mass is 486 g/mol. The number of nitrogens with two attached hydrogens (primary N) is 1. The zero-order valence-corrected chi connectivity index (χ0v) is 19.5. The Morgan fingerprint density at radius 1 is 0.944 bits per heavy atom. The van der Waals surface area contributed by atoms with Gasteiger partial charge in [-0.3, -0.25) is 24.1 Å². The topological polar surface area (TPSA) is 131 Å². The van der Waals surface area contributed by atoms with Gasteiger partial charge in [0.25, 0.3) is 11.8 Å². The van der Waals surface area contributed by atoms with Crippen molar-refractivity contribution >= 4 is 35.0 Å². The lowest BCUT2D eigenvalue weighted by Crippen LogP contribution is -2.50. The SMILES string of the molecule is COc1ccc2c(c1OC)C(=O)N1c3ccccc3C(=O)N(CC(=O)Nc3ccc(C(N)=O)cc3)[C@@H]21. The van der Waals surface area contributed by atoms with Crippen LogP contribution in [-0.4, -0.2) is 49.3 Å². The number of hydrogen-bond acceptors (Lipinski definition) is 6. The van der Waals surface area contributed by atoms with Crippen molar-refractivity contribution in [3.05, 3.63) is 82.9 Å². The van der Waals surface area contributed by atoms with Gasteiger partial charge in [0.2, 0.25) is 11.8 Å². The fourth-order valence-corrected chi connectivity index (χ4v) is 4.66. The number of para-hydroxylation sites is 1. The molecule has 10 heteroatoms. The van der Waals surface area contributed by atoms with Gasteiger partial charge in [-0.15, -0.1) is 0 Å². The second-order valence-electron chi connectivity index (χ2n) is 8.25. The number of methoxy groups -OCH3 is 2. The van der Waals surface area contributed by atoms with Crippen LogP contribution in [0.1, 0.15) is 42.8 Å². The minimum absolute atomic E-state index is 0.262. The van der Waals surface area contributed by atoms with Gasteiger partial charge in [-0.25, -0.2) is 0 Å². The Kier molecular flexibility index (Phi) is 5.56. The number of hydrogen-bond donors (Lipinski definition) is 2. The molecule has 0 bridgehead atoms. The first-order valence-electron chi connectivity index (χ1n) is 11.0. The summed E-state index contributed by atoms with van der Waals surface area (Å²) in [4.78, 5) is 54.4. The van der Waals surface area contributed by atoms with Crippen molar-refractivity contribution in [2.24, 2.45) is 5.73 Å². The largest absolute Gasteiger partial charge is 0.493 e. The lowest BCUT2D eigenvalue weighted by Gasteiger charge is -2.40. The second-order valence-corrected chi connectivity index (χ2v) is 8.25. The number of nitrogens with one attached hydrogen (secondary N) is 1. The summed E-state index contributed by atoms with van der Waals surface area (Å²) in [5.41, 5.74) is 7.56. The summed E-state index contributed by atoms with van der Waals surface area (Å²) in [6, 6.07) is 16.2. The highest BCUT2D eigenvalue weighted by Gasteiger charge is 2.50. The molecular formula is C26H22N4O6. The highest BCUT2D eigenvalue weighted by Crippen LogP contribution is 2.49. The van der Waals surface area contributed by atoms with E-state index in [0.717, 1.165) is 0 Å². The standard InChI is InChI=1S/C26H22N4O6/c1-35-19-12-11-17-21(22(19)36-2)26(34)30-18-6-4-3-5-16(18)25(33)29(24(17)30)13-20(31)28-15-9-7-14(8-10-15)23(27)32/h3-12,24H,13H2,1-2H3,(H2,27,32)(H,28,31)/t24-/m1/s1. The van der Waals surface area contributed by atoms with Crippen LogP contribution in [0.2, 0.25) is 0 Å². The van der Waals surface area contributed by atoms with Crippen LogP contribution in [-0.2, 0) is 4.79 Å². The Morgan fingerprint density at radius 3 is 2.33 bits per heavy atom. The molecule has 0 fully saturated rings. The van der Waals surface area contributed by atoms with E-state index < -0.39 is 18.0 Å². The van der Waals surface area contributed by atoms with Crippen molar-refractivity contribution < 1.29 is 28.7 Å². The lowest BCUT2D eigenvalue weighted by molar-refractivity contribution is -0.117. The maximum Gasteiger partial charge on any atom is 0.264 e. The number of carbonyl (C=O) groups excluding carboxylic acids is 4. The Morgan fingerprint density at radius 2 is 1.67 bits per heavy atom. The van der Waals surface area contributed by atoms with Crippen molar-refractivity contribution in [1.82, 2.24) is 4.90 Å². The Labute approximate surface area is 206 Å². The van der Waals surface area contributed by atoms with Crippen molar-refractivity contribution in [1.29, 1.82) is 0 Å². The molecule has 0 aromatic heterocycles. The van der Waals surface area contributed by atoms with Gasteiger partial charge in [-0.1, -0.05) is 18.2 Å². The summed E-state index contributed by atoms with van der Waals surface area (Å²) in [6.07, 6.45) is -0.849. The van der Waals surface area contributed by atoms with Crippen LogP contribution in [0.5, 0.6) is 11.5 Å². The van der Waals surface area contributed by atoms with E-state index in [-0.39, 0.29) is 29.7 Å². The average molecular weight is 486 g/mol. The molecule has 0 radical (unpaired) electrons. The minimum atomic E-state index is -0.849. The van der Waals surface area contributed by atoms with Crippen molar-refractivity contribution in [2.45, 2.75) is 6.17 Å². The number of rotatable bonds is 6. The molecule has 1 atom stereocenters. The Bertz CT molecular complexity index is 1420. The van der Waals surface area contributed by atoms with E-state index in [0.29, 0.717) is 33.8 Å². The molecule has 10 nitrogen and oxygen atoms in total. The molecule has 0 saturated carbocycles. The van der Waals surface area contributed by atoms with Gasteiger partial charge in [0.15, 0.2) is 11.5 Å². The highest BCUT2D eigenvalue weighted by molar-refractivity contribution is 6.18. The average Bonchev–Trinajstić information content (AvgIpc) is 3.18. The van der Waals surface area contributed by atoms with Crippen LogP contribution in [0, 0.1) is 0 Å². The summed E-state index contributed by atoms with van der Waals surface area (Å²) < 4.78 is 10.9. The molecule has 3 aromatic rings. The molecule has 2 heterocycles. The van der Waals surface area contributed by atoms with E-state index >= 15 is 0 Å². The fraction of sp³-hybridized carbons (Fsp3) is 0.154. The maximum absolute atomic E-state index is 13.7. The van der Waals surface area contributed by atoms with Crippen LogP contribution in [0.4, 0.5) is 11.4 Å². The predicted octanol–water partition coefficient (Wildman–Crippen LogP) is 2.56. The molecule has 4 amide bonds. The van der Waals surface area contributed by atoms with E-state index in [4.69, 9.17) is 15.2 Å². The van der Waals surface area contributed by atoms with Crippen LogP contribution >= 0.6 is 0 Å². The van der Waals surface area contributed by atoms with Gasteiger partial charge in [-0.05, 0) is 42.5 Å². The first-order chi connectivity index (χ1) is 17.3. The molecule has 0 aliphatic carbocycles. The zero-order chi connectivity index (χ0) is 25.6. The molecular weight excluding hydrogens is 464 g/mol. The molecule has 0 saturated heterocycles. The van der Waals surface area contributed by atoms with E-state index in [1.54, 1.807) is 48.5 Å². The molecule has 0 spiro atoms. The summed E-state index contributed by atoms with van der Waals surface area (Å²) in [5.74, 6) is -1.16. The third kappa shape index (κ3) is 3.50. The highest BCUT2D eigenvalue weighted by atomic mass is 16.5. The van der Waals surface area contributed by atoms with E-state index in [1.807, 2.05) is 0 Å². The number of ether oxygens (including phenoxy) is 2. The summed E-state index contributed by atoms with van der Waals surface area (Å²) in [5, 5.41) is 2.72. The number of fused-ring (bicyclic) bond motifs is 5. The number of primary amides is 1. The molecule has 0 unspecified atom stereocenters. The molecule has 5 rings (SSSR count). The van der Waals surface area contributed by atoms with Gasteiger partial charge in [0.1, 0.15) is 12.7 Å². The maximum atomic E-state index is 13.7. The second kappa shape index (κ2) is 8.73. The molecule has 3 aromatic carbocycles. The molecule has 36 heavy (non-hydrogen) atoms. The first-order valence-corrected chi connectivity index (χ1v) is 11.0. The number of benzene rings is 3. The molecule has 2 aliphatic heterocycles. The van der Waals surface area contributed by atoms with Crippen LogP contribution in [0.15, 0.2) is 60.7 Å². The van der Waals surface area contributed by atoms with E-state index in [9.17, 15) is 19.2 Å². The van der Waals surface area contributed by atoms with Crippen LogP contribution in [0.25, 0.3) is 0 Å². The van der Waals surface area contributed by atoms with E-state index in [1.165, 1.54) is 36.2 Å². The van der Waals surface area contributed by atoms with E-state index in [2.05, 4.69) is 5.32 Å². The Balaban J connectivity index is 1.53. The quantitative estimate of drug-likeness (QED) is 0.551. The zero-order valence-electron chi connectivity index (χ0n) is 19.5. The third-order valence-electron chi connectivity index (χ3n) is 6.25. The van der Waals surface area contributed by atoms with Crippen molar-refractivity contribution in [2.75, 3.05) is 31.0 Å². The van der Waals surface area contributed by atoms with Gasteiger partial charge in [0.05, 0.1) is 31.0 Å². The number of anilines is 2. The minimum Gasteiger partial charge on any atom is -0.493 e. The Hall–Kier alpha value is -4.86. The number of nitrogens with zero attached hydrogens (tertiary/aromatic N) is 2. The van der Waals surface area contributed by atoms with Gasteiger partial charge in [-0.2, -0.15) is 0 Å². The fourth-order valence-electron chi connectivity index (χ4n) is 4.66. The van der Waals surface area contributed by atoms with Crippen molar-refractivity contribution in [3.8, 4) is 11.5 Å². The number of amides is 4. The van der Waals surface area contributed by atoms with Gasteiger partial charge >= 0.3 is 0 Å². The molecule has 182 valence electrons. The molecule has 3 N–H and O–H groups in total. The summed E-state index contributed by atoms with van der Waals surface area (Å²) in [6.45, 7) is -0.326. The first kappa shape index (κ1) is 22.9. The normalized spacial score (nSPS) is 15.7. The lowest BCUT2D eigenvalue weighted by atomic mass is 10.0. The van der Waals surface area contributed by atoms with Crippen LogP contribution < -0.4 is 25.4 Å². The van der Waals surface area contributed by atoms with Crippen molar-refractivity contribution in [3.63, 3.8) is 0 Å². The van der Waals surface area contributed by atoms with Gasteiger partial charge < -0.3 is 25.4 Å². The van der Waals surface area contributed by atoms with Crippen LogP contribution in [0.3, 0.4) is 0 Å². The van der Waals surface area contributed by atoms with Gasteiger partial charge in [0, 0.05) is 16.8 Å². The number of carbonyl (C=O) groups is 4. The molecule has 2 aliphatic rings. The summed E-state index contributed by atoms with van der Waals surface area (Å²) in [7, 11) is 2.92. The smallest absolute Gasteiger partial charge is 0.264 e. The predicted molar refractivity (Wildman–Crippen MR) is 130 cm³/mol. The third-order valence-corrected chi connectivity index (χ3v) is 6.25. The summed E-state index contributed by atoms with van der Waals surface area (Å²) >= 11 is 0.